The van der Waals surface area contributed by atoms with E-state index in [1.54, 1.807) is 0 Å². The lowest BCUT2D eigenvalue weighted by Crippen LogP contribution is -2.41. The smallest absolute Gasteiger partial charge is 0.0672 e. The molecule has 0 aromatic heterocycles. The van der Waals surface area contributed by atoms with Crippen LogP contribution in [-0.4, -0.2) is 25.2 Å². The van der Waals surface area contributed by atoms with Crippen molar-refractivity contribution < 1.29 is 0 Å². The molecule has 2 rings (SSSR count). The highest BCUT2D eigenvalue weighted by Gasteiger charge is 2.29. The Hall–Kier alpha value is -0.590. The van der Waals surface area contributed by atoms with Gasteiger partial charge in [0.15, 0.2) is 0 Å². The molecule has 2 aliphatic rings. The highest BCUT2D eigenvalue weighted by molar-refractivity contribution is 4.98. The van der Waals surface area contributed by atoms with Crippen LogP contribution >= 0.6 is 0 Å². The van der Waals surface area contributed by atoms with Crippen LogP contribution in [0.4, 0.5) is 0 Å². The maximum atomic E-state index is 8.90. The molecule has 1 saturated carbocycles. The third-order valence-corrected chi connectivity index (χ3v) is 3.19. The Balaban J connectivity index is 1.83. The molecule has 0 amide bonds. The van der Waals surface area contributed by atoms with Gasteiger partial charge in [0.05, 0.1) is 12.0 Å². The summed E-state index contributed by atoms with van der Waals surface area (Å²) in [5.74, 6) is 0.264. The summed E-state index contributed by atoms with van der Waals surface area (Å²) in [7, 11) is 0. The fourth-order valence-electron chi connectivity index (χ4n) is 2.41. The largest absolute Gasteiger partial charge is 0.315 e. The Kier molecular flexibility index (Phi) is 2.82. The predicted molar refractivity (Wildman–Crippen MR) is 51.2 cm³/mol. The second kappa shape index (κ2) is 4.08. The van der Waals surface area contributed by atoms with Crippen molar-refractivity contribution in [3.05, 3.63) is 0 Å². The molecule has 0 bridgehead atoms. The number of nitrogens with zero attached hydrogens (tertiary/aromatic N) is 1. The predicted octanol–water partition coefficient (Wildman–Crippen LogP) is 0.630. The summed E-state index contributed by atoms with van der Waals surface area (Å²) < 4.78 is 0. The van der Waals surface area contributed by atoms with E-state index in [0.717, 1.165) is 19.5 Å². The van der Waals surface area contributed by atoms with Crippen LogP contribution in [0.2, 0.25) is 0 Å². The minimum absolute atomic E-state index is 0.264. The van der Waals surface area contributed by atoms with Gasteiger partial charge in [-0.2, -0.15) is 5.26 Å². The maximum absolute atomic E-state index is 8.90. The Labute approximate surface area is 79.5 Å². The Morgan fingerprint density at radius 3 is 2.92 bits per heavy atom. The highest BCUT2D eigenvalue weighted by atomic mass is 15.0. The summed E-state index contributed by atoms with van der Waals surface area (Å²) in [5.41, 5.74) is 0. The van der Waals surface area contributed by atoms with Gasteiger partial charge in [0.2, 0.25) is 0 Å². The van der Waals surface area contributed by atoms with E-state index >= 15 is 0 Å². The molecule has 72 valence electrons. The highest BCUT2D eigenvalue weighted by Crippen LogP contribution is 2.25. The fraction of sp³-hybridized carbons (Fsp3) is 0.900. The first-order valence-corrected chi connectivity index (χ1v) is 5.26. The summed E-state index contributed by atoms with van der Waals surface area (Å²) >= 11 is 0. The number of nitriles is 1. The van der Waals surface area contributed by atoms with Crippen LogP contribution in [0.25, 0.3) is 0 Å². The molecule has 1 heterocycles. The normalized spacial score (nSPS) is 39.2. The first-order valence-electron chi connectivity index (χ1n) is 5.26. The van der Waals surface area contributed by atoms with E-state index in [1.165, 1.54) is 19.3 Å². The van der Waals surface area contributed by atoms with E-state index in [1.807, 2.05) is 0 Å². The van der Waals surface area contributed by atoms with Crippen molar-refractivity contribution in [1.29, 1.82) is 5.26 Å². The van der Waals surface area contributed by atoms with E-state index in [9.17, 15) is 0 Å². The average molecular weight is 179 g/mol. The van der Waals surface area contributed by atoms with Crippen molar-refractivity contribution in [3.63, 3.8) is 0 Å². The molecule has 0 aromatic rings. The summed E-state index contributed by atoms with van der Waals surface area (Å²) in [6.07, 6.45) is 4.72. The lowest BCUT2D eigenvalue weighted by Gasteiger charge is -2.20. The zero-order valence-corrected chi connectivity index (χ0v) is 7.92. The number of rotatable bonds is 2. The van der Waals surface area contributed by atoms with E-state index in [4.69, 9.17) is 5.26 Å². The fourth-order valence-corrected chi connectivity index (χ4v) is 2.41. The first kappa shape index (κ1) is 8.98. The molecule has 2 N–H and O–H groups in total. The number of hydrogen-bond donors (Lipinski definition) is 2. The zero-order valence-electron chi connectivity index (χ0n) is 7.92. The molecule has 1 aliphatic heterocycles. The van der Waals surface area contributed by atoms with Gasteiger partial charge in [-0.1, -0.05) is 6.42 Å². The van der Waals surface area contributed by atoms with Gasteiger partial charge in [-0.15, -0.1) is 0 Å². The Morgan fingerprint density at radius 1 is 1.31 bits per heavy atom. The summed E-state index contributed by atoms with van der Waals surface area (Å²) in [6, 6.07) is 3.48. The van der Waals surface area contributed by atoms with Crippen LogP contribution in [0, 0.1) is 17.2 Å². The minimum atomic E-state index is 0.264. The average Bonchev–Trinajstić information content (AvgIpc) is 2.76. The van der Waals surface area contributed by atoms with Gasteiger partial charge in [0, 0.05) is 18.6 Å². The molecule has 1 aliphatic carbocycles. The van der Waals surface area contributed by atoms with Crippen LogP contribution in [0.1, 0.15) is 25.7 Å². The second-order valence-corrected chi connectivity index (χ2v) is 4.13. The van der Waals surface area contributed by atoms with Crippen LogP contribution in [0.3, 0.4) is 0 Å². The van der Waals surface area contributed by atoms with Crippen molar-refractivity contribution in [2.45, 2.75) is 37.8 Å². The van der Waals surface area contributed by atoms with Crippen molar-refractivity contribution in [2.75, 3.05) is 13.1 Å². The van der Waals surface area contributed by atoms with Crippen molar-refractivity contribution in [1.82, 2.24) is 10.6 Å². The van der Waals surface area contributed by atoms with E-state index in [0.29, 0.717) is 12.1 Å². The van der Waals surface area contributed by atoms with Crippen LogP contribution in [-0.2, 0) is 0 Å². The van der Waals surface area contributed by atoms with Gasteiger partial charge in [0.25, 0.3) is 0 Å². The van der Waals surface area contributed by atoms with E-state index < -0.39 is 0 Å². The third kappa shape index (κ3) is 2.01. The summed E-state index contributed by atoms with van der Waals surface area (Å²) in [5, 5.41) is 15.8. The molecule has 2 fully saturated rings. The maximum Gasteiger partial charge on any atom is 0.0672 e. The topological polar surface area (TPSA) is 47.9 Å². The van der Waals surface area contributed by atoms with Crippen LogP contribution < -0.4 is 10.6 Å². The molecule has 0 radical (unpaired) electrons. The number of hydrogen-bond acceptors (Lipinski definition) is 3. The Morgan fingerprint density at radius 2 is 2.23 bits per heavy atom. The van der Waals surface area contributed by atoms with Crippen molar-refractivity contribution in [2.24, 2.45) is 5.92 Å². The molecule has 1 saturated heterocycles. The lowest BCUT2D eigenvalue weighted by atomic mass is 10.0. The molecule has 3 nitrogen and oxygen atoms in total. The van der Waals surface area contributed by atoms with Crippen LogP contribution in [0.15, 0.2) is 0 Å². The quantitative estimate of drug-likeness (QED) is 0.653. The summed E-state index contributed by atoms with van der Waals surface area (Å²) in [4.78, 5) is 0. The van der Waals surface area contributed by atoms with Gasteiger partial charge >= 0.3 is 0 Å². The molecular weight excluding hydrogens is 162 g/mol. The second-order valence-electron chi connectivity index (χ2n) is 4.13. The minimum Gasteiger partial charge on any atom is -0.315 e. The van der Waals surface area contributed by atoms with Crippen molar-refractivity contribution >= 4 is 0 Å². The SMILES string of the molecule is N#CC1CCCC1NC1CCNC1. The first-order chi connectivity index (χ1) is 6.40. The summed E-state index contributed by atoms with van der Waals surface area (Å²) in [6.45, 7) is 2.20. The standard InChI is InChI=1S/C10H17N3/c11-6-8-2-1-3-10(8)13-9-4-5-12-7-9/h8-10,12-13H,1-5,7H2. The Bertz CT molecular complexity index is 203. The zero-order chi connectivity index (χ0) is 9.10. The van der Waals surface area contributed by atoms with Gasteiger partial charge in [-0.25, -0.2) is 0 Å². The lowest BCUT2D eigenvalue weighted by molar-refractivity contribution is 0.409. The van der Waals surface area contributed by atoms with Gasteiger partial charge < -0.3 is 10.6 Å². The van der Waals surface area contributed by atoms with Crippen LogP contribution in [0.5, 0.6) is 0 Å². The molecule has 3 atom stereocenters. The molecule has 3 unspecified atom stereocenters. The van der Waals surface area contributed by atoms with Gasteiger partial charge in [0.1, 0.15) is 0 Å². The monoisotopic (exact) mass is 179 g/mol. The molecule has 3 heteroatoms. The molecule has 0 aromatic carbocycles. The molecule has 13 heavy (non-hydrogen) atoms. The molecular formula is C10H17N3. The van der Waals surface area contributed by atoms with Gasteiger partial charge in [-0.05, 0) is 25.8 Å². The third-order valence-electron chi connectivity index (χ3n) is 3.19. The number of nitrogens with one attached hydrogen (secondary N) is 2. The van der Waals surface area contributed by atoms with Gasteiger partial charge in [-0.3, -0.25) is 0 Å². The van der Waals surface area contributed by atoms with Crippen molar-refractivity contribution in [3.8, 4) is 6.07 Å². The van der Waals surface area contributed by atoms with E-state index in [2.05, 4.69) is 16.7 Å². The van der Waals surface area contributed by atoms with E-state index in [-0.39, 0.29) is 5.92 Å². The molecule has 0 spiro atoms.